The van der Waals surface area contributed by atoms with Crippen molar-refractivity contribution < 1.29 is 28.9 Å². The summed E-state index contributed by atoms with van der Waals surface area (Å²) in [6.07, 6.45) is -0.0307. The minimum absolute atomic E-state index is 0.0307. The Bertz CT molecular complexity index is 1360. The number of para-hydroxylation sites is 1. The number of anilines is 1. The van der Waals surface area contributed by atoms with Crippen molar-refractivity contribution in [1.29, 1.82) is 0 Å². The summed E-state index contributed by atoms with van der Waals surface area (Å²) in [5.74, 6) is -0.810. The summed E-state index contributed by atoms with van der Waals surface area (Å²) >= 11 is 12.6. The van der Waals surface area contributed by atoms with Crippen LogP contribution in [0, 0.1) is 0 Å². The van der Waals surface area contributed by atoms with E-state index in [4.69, 9.17) is 37.4 Å². The number of nitrogens with zero attached hydrogens (tertiary/aromatic N) is 1. The number of Topliss-reactive ketones (excluding diaryl/α,β-unsaturated/α-hetero) is 1. The molecule has 0 spiro atoms. The Morgan fingerprint density at radius 1 is 0.946 bits per heavy atom. The van der Waals surface area contributed by atoms with Crippen LogP contribution in [-0.2, 0) is 9.59 Å². The molecule has 1 fully saturated rings. The van der Waals surface area contributed by atoms with E-state index < -0.39 is 23.5 Å². The maximum Gasteiger partial charge on any atom is 0.300 e. The number of ketones is 1. The van der Waals surface area contributed by atoms with Gasteiger partial charge in [-0.3, -0.25) is 14.5 Å². The maximum atomic E-state index is 13.4. The number of benzene rings is 3. The van der Waals surface area contributed by atoms with E-state index in [1.165, 1.54) is 31.3 Å². The second-order valence-corrected chi connectivity index (χ2v) is 9.36. The predicted octanol–water partition coefficient (Wildman–Crippen LogP) is 6.42. The van der Waals surface area contributed by atoms with Gasteiger partial charge in [0, 0.05) is 16.8 Å². The van der Waals surface area contributed by atoms with Crippen LogP contribution in [0.25, 0.3) is 5.76 Å². The van der Waals surface area contributed by atoms with E-state index in [1.54, 1.807) is 48.5 Å². The van der Waals surface area contributed by atoms with Gasteiger partial charge in [0.25, 0.3) is 11.7 Å². The van der Waals surface area contributed by atoms with Crippen molar-refractivity contribution in [3.05, 3.63) is 87.4 Å². The molecule has 9 heteroatoms. The number of hydrogen-bond donors (Lipinski definition) is 1. The number of carbonyl (C=O) groups excluding carboxylic acids is 2. The molecule has 0 aromatic heterocycles. The lowest BCUT2D eigenvalue weighted by Gasteiger charge is -2.27. The largest absolute Gasteiger partial charge is 0.507 e. The lowest BCUT2D eigenvalue weighted by Crippen LogP contribution is -2.29. The van der Waals surface area contributed by atoms with Crippen molar-refractivity contribution in [2.45, 2.75) is 26.0 Å². The maximum absolute atomic E-state index is 13.4. The highest BCUT2D eigenvalue weighted by atomic mass is 35.5. The van der Waals surface area contributed by atoms with Gasteiger partial charge in [0.2, 0.25) is 0 Å². The van der Waals surface area contributed by atoms with Crippen LogP contribution >= 0.6 is 23.2 Å². The monoisotopic (exact) mass is 541 g/mol. The first-order chi connectivity index (χ1) is 17.7. The van der Waals surface area contributed by atoms with Crippen LogP contribution < -0.4 is 19.1 Å². The number of amides is 1. The molecule has 3 aromatic carbocycles. The standard InChI is InChI=1S/C28H25Cl2NO6/c1-15(2)37-18-11-9-17(10-12-18)31-24(19-7-5-6-8-22(19)35-3)23(26(33)28(31)34)25(32)16-13-20(29)27(36-4)21(30)14-16/h5-15,24,32H,1-4H3/b25-23+. The first kappa shape index (κ1) is 26.4. The molecule has 1 unspecified atom stereocenters. The highest BCUT2D eigenvalue weighted by molar-refractivity contribution is 6.52. The quantitative estimate of drug-likeness (QED) is 0.211. The first-order valence-corrected chi connectivity index (χ1v) is 12.2. The Morgan fingerprint density at radius 2 is 1.57 bits per heavy atom. The number of ether oxygens (including phenoxy) is 3. The van der Waals surface area contributed by atoms with Gasteiger partial charge in [0.1, 0.15) is 17.3 Å². The fourth-order valence-electron chi connectivity index (χ4n) is 4.29. The topological polar surface area (TPSA) is 85.3 Å². The number of halogens is 2. The van der Waals surface area contributed by atoms with Gasteiger partial charge in [-0.25, -0.2) is 0 Å². The second-order valence-electron chi connectivity index (χ2n) is 8.54. The zero-order valence-corrected chi connectivity index (χ0v) is 22.1. The molecule has 37 heavy (non-hydrogen) atoms. The molecule has 192 valence electrons. The summed E-state index contributed by atoms with van der Waals surface area (Å²) in [6, 6.07) is 15.7. The van der Waals surface area contributed by atoms with Gasteiger partial charge >= 0.3 is 0 Å². The molecular formula is C28H25Cl2NO6. The van der Waals surface area contributed by atoms with Crippen LogP contribution in [-0.4, -0.2) is 37.1 Å². The van der Waals surface area contributed by atoms with Crippen LogP contribution in [0.3, 0.4) is 0 Å². The van der Waals surface area contributed by atoms with E-state index >= 15 is 0 Å². The van der Waals surface area contributed by atoms with Gasteiger partial charge in [0.05, 0.1) is 42.0 Å². The van der Waals surface area contributed by atoms with E-state index in [0.717, 1.165) is 0 Å². The van der Waals surface area contributed by atoms with Crippen LogP contribution in [0.15, 0.2) is 66.2 Å². The summed E-state index contributed by atoms with van der Waals surface area (Å²) in [5.41, 5.74) is 0.988. The average Bonchev–Trinajstić information content (AvgIpc) is 3.13. The van der Waals surface area contributed by atoms with Crippen molar-refractivity contribution in [3.63, 3.8) is 0 Å². The zero-order valence-electron chi connectivity index (χ0n) is 20.6. The lowest BCUT2D eigenvalue weighted by atomic mass is 9.94. The molecule has 1 heterocycles. The second kappa shape index (κ2) is 10.7. The molecule has 0 saturated carbocycles. The summed E-state index contributed by atoms with van der Waals surface area (Å²) in [4.78, 5) is 28.2. The summed E-state index contributed by atoms with van der Waals surface area (Å²) in [6.45, 7) is 3.82. The third kappa shape index (κ3) is 4.97. The summed E-state index contributed by atoms with van der Waals surface area (Å²) in [7, 11) is 2.91. The Kier molecular flexibility index (Phi) is 7.66. The molecule has 1 saturated heterocycles. The molecule has 1 aliphatic rings. The van der Waals surface area contributed by atoms with Crippen molar-refractivity contribution in [1.82, 2.24) is 0 Å². The summed E-state index contributed by atoms with van der Waals surface area (Å²) in [5, 5.41) is 11.7. The highest BCUT2D eigenvalue weighted by Crippen LogP contribution is 2.46. The lowest BCUT2D eigenvalue weighted by molar-refractivity contribution is -0.132. The summed E-state index contributed by atoms with van der Waals surface area (Å²) < 4.78 is 16.4. The number of aliphatic hydroxyl groups excluding tert-OH is 1. The first-order valence-electron chi connectivity index (χ1n) is 11.4. The van der Waals surface area contributed by atoms with Crippen LogP contribution in [0.5, 0.6) is 17.2 Å². The molecule has 1 amide bonds. The van der Waals surface area contributed by atoms with E-state index in [2.05, 4.69) is 0 Å². The Balaban J connectivity index is 1.93. The average molecular weight is 542 g/mol. The van der Waals surface area contributed by atoms with Gasteiger partial charge in [-0.15, -0.1) is 0 Å². The van der Waals surface area contributed by atoms with E-state index in [0.29, 0.717) is 22.7 Å². The predicted molar refractivity (Wildman–Crippen MR) is 143 cm³/mol. The Labute approximate surface area is 224 Å². The fourth-order valence-corrected chi connectivity index (χ4v) is 4.93. The molecule has 4 rings (SSSR count). The van der Waals surface area contributed by atoms with Crippen molar-refractivity contribution in [2.75, 3.05) is 19.1 Å². The van der Waals surface area contributed by atoms with Crippen LogP contribution in [0.4, 0.5) is 5.69 Å². The van der Waals surface area contributed by atoms with Crippen molar-refractivity contribution in [2.24, 2.45) is 0 Å². The van der Waals surface area contributed by atoms with Crippen molar-refractivity contribution in [3.8, 4) is 17.2 Å². The fraction of sp³-hybridized carbons (Fsp3) is 0.214. The molecule has 0 aliphatic carbocycles. The number of hydrogen-bond acceptors (Lipinski definition) is 6. The smallest absolute Gasteiger partial charge is 0.300 e. The Morgan fingerprint density at radius 3 is 2.14 bits per heavy atom. The number of carbonyl (C=O) groups is 2. The van der Waals surface area contributed by atoms with E-state index in [1.807, 2.05) is 13.8 Å². The van der Waals surface area contributed by atoms with Crippen LogP contribution in [0.1, 0.15) is 31.0 Å². The molecule has 1 aliphatic heterocycles. The molecule has 1 N–H and O–H groups in total. The van der Waals surface area contributed by atoms with Gasteiger partial charge in [-0.1, -0.05) is 41.4 Å². The van der Waals surface area contributed by atoms with E-state index in [-0.39, 0.29) is 33.0 Å². The molecule has 0 bridgehead atoms. The van der Waals surface area contributed by atoms with Crippen LogP contribution in [0.2, 0.25) is 10.0 Å². The SMILES string of the molecule is COc1ccccc1C1/C(=C(\O)c2cc(Cl)c(OC)c(Cl)c2)C(=O)C(=O)N1c1ccc(OC(C)C)cc1. The van der Waals surface area contributed by atoms with Gasteiger partial charge in [0.15, 0.2) is 5.75 Å². The zero-order chi connectivity index (χ0) is 26.9. The molecule has 3 aromatic rings. The minimum Gasteiger partial charge on any atom is -0.507 e. The van der Waals surface area contributed by atoms with Gasteiger partial charge in [-0.2, -0.15) is 0 Å². The molecular weight excluding hydrogens is 517 g/mol. The minimum atomic E-state index is -0.993. The van der Waals surface area contributed by atoms with E-state index in [9.17, 15) is 14.7 Å². The molecule has 0 radical (unpaired) electrons. The third-order valence-electron chi connectivity index (χ3n) is 5.84. The molecule has 7 nitrogen and oxygen atoms in total. The molecule has 1 atom stereocenters. The highest BCUT2D eigenvalue weighted by Gasteiger charge is 2.48. The Hall–Kier alpha value is -3.68. The van der Waals surface area contributed by atoms with Gasteiger partial charge in [-0.05, 0) is 56.3 Å². The third-order valence-corrected chi connectivity index (χ3v) is 6.40. The number of rotatable bonds is 7. The normalized spacial score (nSPS) is 16.8. The number of methoxy groups -OCH3 is 2. The van der Waals surface area contributed by atoms with Crippen molar-refractivity contribution >= 4 is 46.3 Å². The van der Waals surface area contributed by atoms with Gasteiger partial charge < -0.3 is 19.3 Å². The number of aliphatic hydroxyl groups is 1.